The molecular formula is C12H18N2O. The number of benzene rings is 1. The van der Waals surface area contributed by atoms with Crippen LogP contribution in [-0.2, 0) is 4.79 Å². The third-order valence-electron chi connectivity index (χ3n) is 2.15. The summed E-state index contributed by atoms with van der Waals surface area (Å²) in [4.78, 5) is 11.5. The van der Waals surface area contributed by atoms with Crippen molar-refractivity contribution in [2.45, 2.75) is 27.2 Å². The van der Waals surface area contributed by atoms with Crippen LogP contribution >= 0.6 is 0 Å². The van der Waals surface area contributed by atoms with Crippen molar-refractivity contribution in [3.8, 4) is 0 Å². The van der Waals surface area contributed by atoms with Crippen LogP contribution in [0, 0.1) is 12.8 Å². The smallest absolute Gasteiger partial charge is 0.224 e. The molecule has 15 heavy (non-hydrogen) atoms. The van der Waals surface area contributed by atoms with Gasteiger partial charge in [-0.15, -0.1) is 0 Å². The molecule has 0 aromatic heterocycles. The van der Waals surface area contributed by atoms with E-state index in [1.807, 2.05) is 32.9 Å². The lowest BCUT2D eigenvalue weighted by Crippen LogP contribution is -2.13. The molecule has 0 atom stereocenters. The fraction of sp³-hybridized carbons (Fsp3) is 0.417. The molecule has 0 aliphatic rings. The highest BCUT2D eigenvalue weighted by atomic mass is 16.1. The lowest BCUT2D eigenvalue weighted by atomic mass is 10.1. The Hall–Kier alpha value is -1.51. The number of carbonyl (C=O) groups is 1. The first-order chi connectivity index (χ1) is 6.99. The van der Waals surface area contributed by atoms with Crippen molar-refractivity contribution in [1.82, 2.24) is 0 Å². The monoisotopic (exact) mass is 206 g/mol. The Balaban J connectivity index is 2.65. The molecular weight excluding hydrogens is 188 g/mol. The summed E-state index contributed by atoms with van der Waals surface area (Å²) in [7, 11) is 0. The summed E-state index contributed by atoms with van der Waals surface area (Å²) in [6, 6.07) is 5.51. The summed E-state index contributed by atoms with van der Waals surface area (Å²) in [5.74, 6) is 0.425. The van der Waals surface area contributed by atoms with E-state index in [1.54, 1.807) is 6.07 Å². The third kappa shape index (κ3) is 3.62. The van der Waals surface area contributed by atoms with E-state index in [9.17, 15) is 4.79 Å². The second-order valence-corrected chi connectivity index (χ2v) is 4.22. The normalized spacial score (nSPS) is 10.4. The Labute approximate surface area is 90.7 Å². The standard InChI is InChI=1S/C12H18N2O/c1-8(2)6-12(15)14-10-4-5-11(13)9(3)7-10/h4-5,7-8H,6,13H2,1-3H3,(H,14,15). The number of aryl methyl sites for hydroxylation is 1. The second-order valence-electron chi connectivity index (χ2n) is 4.22. The molecule has 0 heterocycles. The molecule has 0 saturated carbocycles. The van der Waals surface area contributed by atoms with Crippen LogP contribution < -0.4 is 11.1 Å². The highest BCUT2D eigenvalue weighted by Crippen LogP contribution is 2.17. The number of nitrogens with two attached hydrogens (primary N) is 1. The summed E-state index contributed by atoms with van der Waals surface area (Å²) in [5.41, 5.74) is 8.23. The molecule has 0 aliphatic heterocycles. The van der Waals surface area contributed by atoms with Crippen LogP contribution in [0.25, 0.3) is 0 Å². The lowest BCUT2D eigenvalue weighted by molar-refractivity contribution is -0.116. The minimum Gasteiger partial charge on any atom is -0.399 e. The zero-order valence-corrected chi connectivity index (χ0v) is 9.50. The Morgan fingerprint density at radius 2 is 2.13 bits per heavy atom. The SMILES string of the molecule is Cc1cc(NC(=O)CC(C)C)ccc1N. The molecule has 1 aromatic rings. The van der Waals surface area contributed by atoms with E-state index in [0.29, 0.717) is 12.3 Å². The Morgan fingerprint density at radius 1 is 1.47 bits per heavy atom. The van der Waals surface area contributed by atoms with Crippen LogP contribution in [0.3, 0.4) is 0 Å². The average molecular weight is 206 g/mol. The molecule has 3 nitrogen and oxygen atoms in total. The summed E-state index contributed by atoms with van der Waals surface area (Å²) in [6.45, 7) is 5.97. The number of rotatable bonds is 3. The van der Waals surface area contributed by atoms with E-state index in [2.05, 4.69) is 5.32 Å². The number of nitrogen functional groups attached to an aromatic ring is 1. The summed E-state index contributed by atoms with van der Waals surface area (Å²) >= 11 is 0. The summed E-state index contributed by atoms with van der Waals surface area (Å²) in [6.07, 6.45) is 0.545. The largest absolute Gasteiger partial charge is 0.399 e. The van der Waals surface area contributed by atoms with Gasteiger partial charge >= 0.3 is 0 Å². The number of hydrogen-bond donors (Lipinski definition) is 2. The van der Waals surface area contributed by atoms with Crippen molar-refractivity contribution in [3.05, 3.63) is 23.8 Å². The summed E-state index contributed by atoms with van der Waals surface area (Å²) in [5, 5.41) is 2.85. The predicted molar refractivity (Wildman–Crippen MR) is 63.7 cm³/mol. The quantitative estimate of drug-likeness (QED) is 0.747. The van der Waals surface area contributed by atoms with Gasteiger partial charge in [-0.2, -0.15) is 0 Å². The van der Waals surface area contributed by atoms with E-state index >= 15 is 0 Å². The highest BCUT2D eigenvalue weighted by molar-refractivity contribution is 5.91. The maximum absolute atomic E-state index is 11.5. The molecule has 0 aliphatic carbocycles. The van der Waals surface area contributed by atoms with Crippen molar-refractivity contribution in [2.24, 2.45) is 5.92 Å². The van der Waals surface area contributed by atoms with Gasteiger partial charge in [-0.1, -0.05) is 13.8 Å². The second kappa shape index (κ2) is 4.82. The number of hydrogen-bond acceptors (Lipinski definition) is 2. The van der Waals surface area contributed by atoms with Crippen LogP contribution in [-0.4, -0.2) is 5.91 Å². The third-order valence-corrected chi connectivity index (χ3v) is 2.15. The van der Waals surface area contributed by atoms with Gasteiger partial charge in [0.1, 0.15) is 0 Å². The van der Waals surface area contributed by atoms with Gasteiger partial charge in [0.2, 0.25) is 5.91 Å². The Bertz CT molecular complexity index is 359. The van der Waals surface area contributed by atoms with Gasteiger partial charge in [0, 0.05) is 17.8 Å². The molecule has 3 heteroatoms. The zero-order chi connectivity index (χ0) is 11.4. The maximum Gasteiger partial charge on any atom is 0.224 e. The molecule has 0 radical (unpaired) electrons. The first-order valence-electron chi connectivity index (χ1n) is 5.15. The van der Waals surface area contributed by atoms with Crippen LogP contribution in [0.5, 0.6) is 0 Å². The zero-order valence-electron chi connectivity index (χ0n) is 9.50. The van der Waals surface area contributed by atoms with Crippen molar-refractivity contribution in [2.75, 3.05) is 11.1 Å². The van der Waals surface area contributed by atoms with Crippen molar-refractivity contribution in [3.63, 3.8) is 0 Å². The minimum absolute atomic E-state index is 0.0502. The van der Waals surface area contributed by atoms with Crippen LogP contribution in [0.15, 0.2) is 18.2 Å². The first kappa shape index (κ1) is 11.6. The Kier molecular flexibility index (Phi) is 3.72. The first-order valence-corrected chi connectivity index (χ1v) is 5.15. The number of carbonyl (C=O) groups excluding carboxylic acids is 1. The predicted octanol–water partition coefficient (Wildman–Crippen LogP) is 2.56. The molecule has 0 saturated heterocycles. The minimum atomic E-state index is 0.0502. The topological polar surface area (TPSA) is 55.1 Å². The van der Waals surface area contributed by atoms with Crippen molar-refractivity contribution in [1.29, 1.82) is 0 Å². The molecule has 3 N–H and O–H groups in total. The molecule has 82 valence electrons. The van der Waals surface area contributed by atoms with Crippen LogP contribution in [0.4, 0.5) is 11.4 Å². The molecule has 0 bridgehead atoms. The van der Waals surface area contributed by atoms with Gasteiger partial charge < -0.3 is 11.1 Å². The number of amides is 1. The number of anilines is 2. The van der Waals surface area contributed by atoms with Crippen molar-refractivity contribution < 1.29 is 4.79 Å². The maximum atomic E-state index is 11.5. The van der Waals surface area contributed by atoms with E-state index in [1.165, 1.54) is 0 Å². The molecule has 0 spiro atoms. The van der Waals surface area contributed by atoms with Gasteiger partial charge in [0.05, 0.1) is 0 Å². The fourth-order valence-electron chi connectivity index (χ4n) is 1.34. The molecule has 1 aromatic carbocycles. The Morgan fingerprint density at radius 3 is 2.67 bits per heavy atom. The van der Waals surface area contributed by atoms with E-state index in [0.717, 1.165) is 16.9 Å². The van der Waals surface area contributed by atoms with Crippen molar-refractivity contribution >= 4 is 17.3 Å². The summed E-state index contributed by atoms with van der Waals surface area (Å²) < 4.78 is 0. The van der Waals surface area contributed by atoms with Gasteiger partial charge in [-0.25, -0.2) is 0 Å². The molecule has 0 unspecified atom stereocenters. The van der Waals surface area contributed by atoms with E-state index in [4.69, 9.17) is 5.73 Å². The molecule has 1 rings (SSSR count). The van der Waals surface area contributed by atoms with E-state index < -0.39 is 0 Å². The van der Waals surface area contributed by atoms with Gasteiger partial charge in [0.15, 0.2) is 0 Å². The number of nitrogens with one attached hydrogen (secondary N) is 1. The van der Waals surface area contributed by atoms with Gasteiger partial charge in [-0.3, -0.25) is 4.79 Å². The van der Waals surface area contributed by atoms with E-state index in [-0.39, 0.29) is 5.91 Å². The van der Waals surface area contributed by atoms with Crippen LogP contribution in [0.1, 0.15) is 25.8 Å². The molecule has 1 amide bonds. The molecule has 0 fully saturated rings. The lowest BCUT2D eigenvalue weighted by Gasteiger charge is -2.08. The average Bonchev–Trinajstić information content (AvgIpc) is 2.10. The van der Waals surface area contributed by atoms with Gasteiger partial charge in [-0.05, 0) is 36.6 Å². The van der Waals surface area contributed by atoms with Gasteiger partial charge in [0.25, 0.3) is 0 Å². The van der Waals surface area contributed by atoms with Crippen LogP contribution in [0.2, 0.25) is 0 Å². The highest BCUT2D eigenvalue weighted by Gasteiger charge is 2.05. The fourth-order valence-corrected chi connectivity index (χ4v) is 1.34.